The summed E-state index contributed by atoms with van der Waals surface area (Å²) in [4.78, 5) is 17.6. The topological polar surface area (TPSA) is 68.5 Å². The molecular weight excluding hydrogens is 273 g/mol. The van der Waals surface area contributed by atoms with Crippen LogP contribution in [0.4, 0.5) is 21.6 Å². The summed E-state index contributed by atoms with van der Waals surface area (Å²) >= 11 is 0. The zero-order valence-electron chi connectivity index (χ0n) is 11.8. The van der Waals surface area contributed by atoms with Gasteiger partial charge in [-0.2, -0.15) is 0 Å². The number of nitrogens with zero attached hydrogens (tertiary/aromatic N) is 2. The lowest BCUT2D eigenvalue weighted by atomic mass is 10.2. The number of ether oxygens (including phenoxy) is 1. The van der Waals surface area contributed by atoms with E-state index in [1.54, 1.807) is 23.1 Å². The molecule has 0 aliphatic heterocycles. The largest absolute Gasteiger partial charge is 0.464 e. The standard InChI is InChI=1S/C15H16FN3O2/c1-3-19(11-6-4-10(16)5-7-11)14-12(17)8-9-13(18-14)15(20)21-2/h4-9H,3,17H2,1-2H3. The number of carbonyl (C=O) groups is 1. The molecule has 2 rings (SSSR count). The van der Waals surface area contributed by atoms with E-state index in [-0.39, 0.29) is 11.5 Å². The second-order valence-corrected chi connectivity index (χ2v) is 4.32. The van der Waals surface area contributed by atoms with Crippen LogP contribution >= 0.6 is 0 Å². The fourth-order valence-electron chi connectivity index (χ4n) is 1.97. The van der Waals surface area contributed by atoms with Gasteiger partial charge in [-0.05, 0) is 43.3 Å². The van der Waals surface area contributed by atoms with Crippen LogP contribution in [0.15, 0.2) is 36.4 Å². The Hall–Kier alpha value is -2.63. The highest BCUT2D eigenvalue weighted by molar-refractivity contribution is 5.89. The van der Waals surface area contributed by atoms with Gasteiger partial charge < -0.3 is 15.4 Å². The average Bonchev–Trinajstić information content (AvgIpc) is 2.50. The molecule has 21 heavy (non-hydrogen) atoms. The summed E-state index contributed by atoms with van der Waals surface area (Å²) in [5.41, 5.74) is 7.27. The van der Waals surface area contributed by atoms with Gasteiger partial charge >= 0.3 is 5.97 Å². The molecule has 0 bridgehead atoms. The van der Waals surface area contributed by atoms with Crippen molar-refractivity contribution in [1.29, 1.82) is 0 Å². The Labute approximate surface area is 122 Å². The molecule has 0 atom stereocenters. The maximum absolute atomic E-state index is 13.0. The van der Waals surface area contributed by atoms with Crippen LogP contribution in [0, 0.1) is 5.82 Å². The first-order valence-electron chi connectivity index (χ1n) is 6.44. The van der Waals surface area contributed by atoms with Crippen LogP contribution in [0.5, 0.6) is 0 Å². The number of nitrogen functional groups attached to an aromatic ring is 1. The third-order valence-electron chi connectivity index (χ3n) is 3.01. The monoisotopic (exact) mass is 289 g/mol. The molecule has 0 aliphatic rings. The Bertz CT molecular complexity index is 644. The molecule has 0 saturated heterocycles. The van der Waals surface area contributed by atoms with Gasteiger partial charge in [-0.15, -0.1) is 0 Å². The summed E-state index contributed by atoms with van der Waals surface area (Å²) in [7, 11) is 1.29. The Morgan fingerprint density at radius 3 is 2.52 bits per heavy atom. The number of anilines is 3. The molecule has 0 radical (unpaired) electrons. The van der Waals surface area contributed by atoms with E-state index in [0.717, 1.165) is 5.69 Å². The minimum atomic E-state index is -0.536. The fourth-order valence-corrected chi connectivity index (χ4v) is 1.97. The van der Waals surface area contributed by atoms with Crippen molar-refractivity contribution in [3.8, 4) is 0 Å². The first-order chi connectivity index (χ1) is 10.1. The zero-order valence-corrected chi connectivity index (χ0v) is 11.8. The number of benzene rings is 1. The van der Waals surface area contributed by atoms with Crippen LogP contribution in [0.1, 0.15) is 17.4 Å². The van der Waals surface area contributed by atoms with E-state index in [1.807, 2.05) is 6.92 Å². The van der Waals surface area contributed by atoms with Gasteiger partial charge in [0, 0.05) is 12.2 Å². The number of hydrogen-bond acceptors (Lipinski definition) is 5. The summed E-state index contributed by atoms with van der Waals surface area (Å²) in [5, 5.41) is 0. The molecule has 2 aromatic rings. The van der Waals surface area contributed by atoms with E-state index < -0.39 is 5.97 Å². The molecule has 1 aromatic heterocycles. The molecular formula is C15H16FN3O2. The fraction of sp³-hybridized carbons (Fsp3) is 0.200. The van der Waals surface area contributed by atoms with Gasteiger partial charge in [-0.3, -0.25) is 0 Å². The van der Waals surface area contributed by atoms with Crippen LogP contribution in [0.3, 0.4) is 0 Å². The number of methoxy groups -OCH3 is 1. The van der Waals surface area contributed by atoms with Crippen LogP contribution in [0.2, 0.25) is 0 Å². The van der Waals surface area contributed by atoms with Gasteiger partial charge in [0.05, 0.1) is 12.8 Å². The highest BCUT2D eigenvalue weighted by Gasteiger charge is 2.16. The molecule has 1 aromatic carbocycles. The van der Waals surface area contributed by atoms with Crippen molar-refractivity contribution in [1.82, 2.24) is 4.98 Å². The zero-order chi connectivity index (χ0) is 15.4. The summed E-state index contributed by atoms with van der Waals surface area (Å²) in [5.74, 6) is -0.419. The SMILES string of the molecule is CCN(c1ccc(F)cc1)c1nc(C(=O)OC)ccc1N. The second kappa shape index (κ2) is 6.21. The number of aromatic nitrogens is 1. The Morgan fingerprint density at radius 2 is 1.95 bits per heavy atom. The number of hydrogen-bond donors (Lipinski definition) is 1. The van der Waals surface area contributed by atoms with Crippen LogP contribution in [-0.4, -0.2) is 24.6 Å². The maximum Gasteiger partial charge on any atom is 0.356 e. The molecule has 0 aliphatic carbocycles. The molecule has 0 unspecified atom stereocenters. The molecule has 0 saturated carbocycles. The highest BCUT2D eigenvalue weighted by atomic mass is 19.1. The number of nitrogens with two attached hydrogens (primary N) is 1. The van der Waals surface area contributed by atoms with Gasteiger partial charge in [0.1, 0.15) is 5.82 Å². The van der Waals surface area contributed by atoms with E-state index in [1.165, 1.54) is 25.3 Å². The number of halogens is 1. The van der Waals surface area contributed by atoms with Crippen molar-refractivity contribution in [2.45, 2.75) is 6.92 Å². The second-order valence-electron chi connectivity index (χ2n) is 4.32. The normalized spacial score (nSPS) is 10.2. The molecule has 110 valence electrons. The van der Waals surface area contributed by atoms with Crippen LogP contribution < -0.4 is 10.6 Å². The molecule has 2 N–H and O–H groups in total. The molecule has 0 spiro atoms. The smallest absolute Gasteiger partial charge is 0.356 e. The average molecular weight is 289 g/mol. The Morgan fingerprint density at radius 1 is 1.29 bits per heavy atom. The lowest BCUT2D eigenvalue weighted by Crippen LogP contribution is -2.20. The van der Waals surface area contributed by atoms with E-state index in [2.05, 4.69) is 9.72 Å². The molecule has 0 amide bonds. The number of pyridine rings is 1. The lowest BCUT2D eigenvalue weighted by molar-refractivity contribution is 0.0594. The third kappa shape index (κ3) is 3.10. The molecule has 0 fully saturated rings. The van der Waals surface area contributed by atoms with Crippen LogP contribution in [0.25, 0.3) is 0 Å². The number of esters is 1. The number of carbonyl (C=O) groups excluding carboxylic acids is 1. The van der Waals surface area contributed by atoms with E-state index >= 15 is 0 Å². The van der Waals surface area contributed by atoms with Crippen molar-refractivity contribution in [2.24, 2.45) is 0 Å². The summed E-state index contributed by atoms with van der Waals surface area (Å²) in [6, 6.07) is 9.08. The first-order valence-corrected chi connectivity index (χ1v) is 6.44. The highest BCUT2D eigenvalue weighted by Crippen LogP contribution is 2.28. The van der Waals surface area contributed by atoms with E-state index in [4.69, 9.17) is 5.73 Å². The van der Waals surface area contributed by atoms with Gasteiger partial charge in [0.25, 0.3) is 0 Å². The maximum atomic E-state index is 13.0. The van der Waals surface area contributed by atoms with E-state index in [9.17, 15) is 9.18 Å². The van der Waals surface area contributed by atoms with Gasteiger partial charge in [-0.1, -0.05) is 0 Å². The van der Waals surface area contributed by atoms with Crippen molar-refractivity contribution >= 4 is 23.2 Å². The minimum Gasteiger partial charge on any atom is -0.464 e. The first kappa shape index (κ1) is 14.8. The minimum absolute atomic E-state index is 0.169. The lowest BCUT2D eigenvalue weighted by Gasteiger charge is -2.23. The van der Waals surface area contributed by atoms with Gasteiger partial charge in [-0.25, -0.2) is 14.2 Å². The number of rotatable bonds is 4. The predicted molar refractivity (Wildman–Crippen MR) is 79.1 cm³/mol. The van der Waals surface area contributed by atoms with E-state index in [0.29, 0.717) is 18.1 Å². The van der Waals surface area contributed by atoms with Gasteiger partial charge in [0.15, 0.2) is 11.5 Å². The Kier molecular flexibility index (Phi) is 4.37. The van der Waals surface area contributed by atoms with Crippen molar-refractivity contribution in [2.75, 3.05) is 24.3 Å². The summed E-state index contributed by atoms with van der Waals surface area (Å²) in [6.45, 7) is 2.47. The molecule has 1 heterocycles. The molecule has 6 heteroatoms. The van der Waals surface area contributed by atoms with Crippen molar-refractivity contribution in [3.05, 3.63) is 47.9 Å². The van der Waals surface area contributed by atoms with Crippen molar-refractivity contribution < 1.29 is 13.9 Å². The van der Waals surface area contributed by atoms with Crippen molar-refractivity contribution in [3.63, 3.8) is 0 Å². The predicted octanol–water partition coefficient (Wildman–Crippen LogP) is 2.75. The summed E-state index contributed by atoms with van der Waals surface area (Å²) < 4.78 is 17.7. The van der Waals surface area contributed by atoms with Crippen LogP contribution in [-0.2, 0) is 4.74 Å². The third-order valence-corrected chi connectivity index (χ3v) is 3.01. The quantitative estimate of drug-likeness (QED) is 0.876. The Balaban J connectivity index is 2.46. The van der Waals surface area contributed by atoms with Gasteiger partial charge in [0.2, 0.25) is 0 Å². The molecule has 5 nitrogen and oxygen atoms in total. The summed E-state index contributed by atoms with van der Waals surface area (Å²) in [6.07, 6.45) is 0.